The molecular weight excluding hydrogens is 346 g/mol. The summed E-state index contributed by atoms with van der Waals surface area (Å²) in [6, 6.07) is 7.38. The van der Waals surface area contributed by atoms with E-state index in [0.717, 1.165) is 23.7 Å². The summed E-state index contributed by atoms with van der Waals surface area (Å²) in [5, 5.41) is 7.88. The fraction of sp³-hybridized carbons (Fsp3) is 0.474. The molecule has 3 saturated heterocycles. The second-order valence-corrected chi connectivity index (χ2v) is 7.51. The fourth-order valence-electron chi connectivity index (χ4n) is 3.98. The number of carbonyl (C=O) groups is 3. The lowest BCUT2D eigenvalue weighted by molar-refractivity contribution is -0.145. The third-order valence-corrected chi connectivity index (χ3v) is 5.56. The number of para-hydroxylation sites is 1. The van der Waals surface area contributed by atoms with Crippen molar-refractivity contribution in [3.63, 3.8) is 0 Å². The van der Waals surface area contributed by atoms with Crippen LogP contribution < -0.4 is 0 Å². The van der Waals surface area contributed by atoms with Crippen molar-refractivity contribution in [2.24, 2.45) is 5.92 Å². The number of H-pyrrole nitrogens is 1. The summed E-state index contributed by atoms with van der Waals surface area (Å²) in [5.41, 5.74) is 1.20. The van der Waals surface area contributed by atoms with Crippen molar-refractivity contribution in [3.8, 4) is 0 Å². The zero-order chi connectivity index (χ0) is 19.1. The third-order valence-electron chi connectivity index (χ3n) is 5.56. The van der Waals surface area contributed by atoms with Crippen molar-refractivity contribution < 1.29 is 14.4 Å². The highest BCUT2D eigenvalue weighted by molar-refractivity contribution is 6.05. The first kappa shape index (κ1) is 17.5. The summed E-state index contributed by atoms with van der Waals surface area (Å²) in [5.74, 6) is -0.554. The summed E-state index contributed by atoms with van der Waals surface area (Å²) in [6.07, 6.45) is 1.56. The van der Waals surface area contributed by atoms with Crippen LogP contribution in [0.5, 0.6) is 0 Å². The number of aromatic nitrogens is 2. The van der Waals surface area contributed by atoms with E-state index >= 15 is 0 Å². The molecule has 27 heavy (non-hydrogen) atoms. The van der Waals surface area contributed by atoms with Gasteiger partial charge in [0.05, 0.1) is 11.4 Å². The van der Waals surface area contributed by atoms with Gasteiger partial charge in [-0.15, -0.1) is 0 Å². The topological polar surface area (TPSA) is 89.6 Å². The number of carbonyl (C=O) groups excluding carboxylic acids is 3. The number of hydrogen-bond donors (Lipinski definition) is 1. The highest BCUT2D eigenvalue weighted by atomic mass is 16.2. The number of fused-ring (bicyclic) bond motifs is 5. The van der Waals surface area contributed by atoms with Gasteiger partial charge in [0, 0.05) is 38.6 Å². The molecule has 5 rings (SSSR count). The highest BCUT2D eigenvalue weighted by Crippen LogP contribution is 2.30. The normalized spacial score (nSPS) is 22.2. The Bertz CT molecular complexity index is 906. The Kier molecular flexibility index (Phi) is 4.33. The number of nitrogens with one attached hydrogen (secondary N) is 1. The molecule has 0 radical (unpaired) electrons. The zero-order valence-corrected chi connectivity index (χ0v) is 15.5. The van der Waals surface area contributed by atoms with Gasteiger partial charge in [0.15, 0.2) is 5.69 Å². The van der Waals surface area contributed by atoms with Gasteiger partial charge in [-0.05, 0) is 18.9 Å². The molecule has 1 aromatic carbocycles. The minimum atomic E-state index is -0.257. The molecule has 2 aromatic rings. The van der Waals surface area contributed by atoms with Crippen molar-refractivity contribution in [3.05, 3.63) is 30.0 Å². The Morgan fingerprint density at radius 2 is 2.00 bits per heavy atom. The van der Waals surface area contributed by atoms with Crippen LogP contribution in [0.15, 0.2) is 24.3 Å². The first-order valence-electron chi connectivity index (χ1n) is 9.18. The number of aromatic amines is 1. The van der Waals surface area contributed by atoms with E-state index in [1.807, 2.05) is 24.3 Å². The lowest BCUT2D eigenvalue weighted by Gasteiger charge is -2.35. The lowest BCUT2D eigenvalue weighted by Crippen LogP contribution is -2.51. The monoisotopic (exact) mass is 369 g/mol. The maximum atomic E-state index is 13.1. The number of benzene rings is 1. The van der Waals surface area contributed by atoms with Gasteiger partial charge in [-0.3, -0.25) is 19.5 Å². The van der Waals surface area contributed by atoms with Crippen LogP contribution in [-0.2, 0) is 9.59 Å². The Labute approximate surface area is 157 Å². The smallest absolute Gasteiger partial charge is 0.275 e. The van der Waals surface area contributed by atoms with Gasteiger partial charge in [-0.1, -0.05) is 18.2 Å². The first-order chi connectivity index (χ1) is 13.0. The van der Waals surface area contributed by atoms with Crippen molar-refractivity contribution in [2.75, 3.05) is 33.7 Å². The highest BCUT2D eigenvalue weighted by Gasteiger charge is 2.43. The van der Waals surface area contributed by atoms with E-state index in [4.69, 9.17) is 0 Å². The van der Waals surface area contributed by atoms with Crippen molar-refractivity contribution in [2.45, 2.75) is 18.9 Å². The molecule has 3 aliphatic rings. The Morgan fingerprint density at radius 3 is 2.78 bits per heavy atom. The van der Waals surface area contributed by atoms with E-state index < -0.39 is 0 Å². The number of hydrogen-bond acceptors (Lipinski definition) is 4. The fourth-order valence-corrected chi connectivity index (χ4v) is 3.98. The van der Waals surface area contributed by atoms with Gasteiger partial charge in [-0.25, -0.2) is 0 Å². The van der Waals surface area contributed by atoms with Crippen molar-refractivity contribution in [1.82, 2.24) is 24.9 Å². The maximum absolute atomic E-state index is 13.1. The van der Waals surface area contributed by atoms with E-state index in [1.165, 1.54) is 4.90 Å². The molecule has 0 aliphatic carbocycles. The number of amides is 3. The van der Waals surface area contributed by atoms with Crippen molar-refractivity contribution >= 4 is 28.6 Å². The summed E-state index contributed by atoms with van der Waals surface area (Å²) < 4.78 is 0. The molecule has 0 unspecified atom stereocenters. The molecule has 1 N–H and O–H groups in total. The Balaban J connectivity index is 1.59. The van der Waals surface area contributed by atoms with Gasteiger partial charge in [0.2, 0.25) is 11.8 Å². The second kappa shape index (κ2) is 6.68. The number of piperidine rings is 1. The number of likely N-dealkylation sites (N-methyl/N-ethyl adjacent to an activating group) is 1. The molecule has 1 aromatic heterocycles. The van der Waals surface area contributed by atoms with Crippen molar-refractivity contribution in [1.29, 1.82) is 0 Å². The van der Waals surface area contributed by atoms with Gasteiger partial charge in [0.1, 0.15) is 6.54 Å². The first-order valence-corrected chi connectivity index (χ1v) is 9.18. The average molecular weight is 369 g/mol. The summed E-state index contributed by atoms with van der Waals surface area (Å²) in [4.78, 5) is 43.0. The van der Waals surface area contributed by atoms with Crippen LogP contribution in [0.1, 0.15) is 23.3 Å². The third kappa shape index (κ3) is 3.05. The van der Waals surface area contributed by atoms with Crippen LogP contribution in [0.2, 0.25) is 0 Å². The van der Waals surface area contributed by atoms with Crippen LogP contribution >= 0.6 is 0 Å². The largest absolute Gasteiger partial charge is 0.347 e. The van der Waals surface area contributed by atoms with Gasteiger partial charge in [-0.2, -0.15) is 5.10 Å². The minimum absolute atomic E-state index is 0.0244. The minimum Gasteiger partial charge on any atom is -0.347 e. The molecule has 4 heterocycles. The number of nitrogens with zero attached hydrogens (tertiary/aromatic N) is 4. The lowest BCUT2D eigenvalue weighted by atomic mass is 9.94. The van der Waals surface area contributed by atoms with E-state index in [9.17, 15) is 14.4 Å². The molecule has 142 valence electrons. The maximum Gasteiger partial charge on any atom is 0.275 e. The van der Waals surface area contributed by atoms with Gasteiger partial charge < -0.3 is 14.7 Å². The van der Waals surface area contributed by atoms with E-state index in [2.05, 4.69) is 10.2 Å². The molecule has 8 heteroatoms. The van der Waals surface area contributed by atoms with Crippen LogP contribution in [-0.4, -0.2) is 82.4 Å². The van der Waals surface area contributed by atoms with E-state index in [-0.39, 0.29) is 36.2 Å². The summed E-state index contributed by atoms with van der Waals surface area (Å²) >= 11 is 0. The SMILES string of the molecule is CN(C)C(=O)CN1C(=O)[C@@H]2CC[C@H]1CN(C(=O)c1n[nH]c3ccccc13)C2. The van der Waals surface area contributed by atoms with E-state index in [0.29, 0.717) is 18.8 Å². The molecule has 0 saturated carbocycles. The summed E-state index contributed by atoms with van der Waals surface area (Å²) in [7, 11) is 3.36. The Hall–Kier alpha value is -2.90. The Morgan fingerprint density at radius 1 is 1.22 bits per heavy atom. The quantitative estimate of drug-likeness (QED) is 0.863. The molecule has 2 bridgehead atoms. The van der Waals surface area contributed by atoms with Gasteiger partial charge >= 0.3 is 0 Å². The number of rotatable bonds is 3. The second-order valence-electron chi connectivity index (χ2n) is 7.51. The van der Waals surface area contributed by atoms with Crippen LogP contribution in [0, 0.1) is 5.92 Å². The molecule has 2 atom stereocenters. The molecule has 3 fully saturated rings. The summed E-state index contributed by atoms with van der Waals surface area (Å²) in [6.45, 7) is 0.880. The molecule has 0 spiro atoms. The predicted molar refractivity (Wildman–Crippen MR) is 98.9 cm³/mol. The van der Waals surface area contributed by atoms with Crippen LogP contribution in [0.4, 0.5) is 0 Å². The van der Waals surface area contributed by atoms with Crippen LogP contribution in [0.3, 0.4) is 0 Å². The van der Waals surface area contributed by atoms with Gasteiger partial charge in [0.25, 0.3) is 5.91 Å². The molecule has 8 nitrogen and oxygen atoms in total. The standard InChI is InChI=1S/C19H23N5O3/c1-22(2)16(25)11-24-13-8-7-12(18(24)26)9-23(10-13)19(27)17-14-5-3-4-6-15(14)20-21-17/h3-6,12-13H,7-11H2,1-2H3,(H,20,21)/t12-,13+/m1/s1. The predicted octanol–water partition coefficient (Wildman–Crippen LogP) is 0.714. The molecule has 3 amide bonds. The molecule has 3 aliphatic heterocycles. The van der Waals surface area contributed by atoms with Crippen LogP contribution in [0.25, 0.3) is 10.9 Å². The molecular formula is C19H23N5O3. The van der Waals surface area contributed by atoms with E-state index in [1.54, 1.807) is 23.9 Å². The average Bonchev–Trinajstić information content (AvgIpc) is 2.90. The zero-order valence-electron chi connectivity index (χ0n) is 15.5.